The van der Waals surface area contributed by atoms with E-state index in [4.69, 9.17) is 11.6 Å². The first-order chi connectivity index (χ1) is 4.84. The number of hydrogen-bond acceptors (Lipinski definition) is 3. The van der Waals surface area contributed by atoms with E-state index in [9.17, 15) is 4.79 Å². The molecule has 0 N–H and O–H groups in total. The summed E-state index contributed by atoms with van der Waals surface area (Å²) in [5.74, 6) is -0.135. The third-order valence-electron chi connectivity index (χ3n) is 0.937. The van der Waals surface area contributed by atoms with Gasteiger partial charge in [-0.25, -0.2) is 9.97 Å². The Labute approximate surface area is 63.1 Å². The van der Waals surface area contributed by atoms with E-state index in [2.05, 4.69) is 9.97 Å². The van der Waals surface area contributed by atoms with E-state index in [1.165, 1.54) is 12.4 Å². The molecule has 0 aliphatic carbocycles. The number of alkyl halides is 1. The molecule has 0 spiro atoms. The third kappa shape index (κ3) is 1.51. The maximum absolute atomic E-state index is 10.8. The lowest BCUT2D eigenvalue weighted by Gasteiger charge is -1.90. The number of carbonyl (C=O) groups is 1. The summed E-state index contributed by atoms with van der Waals surface area (Å²) >= 11 is 5.26. The minimum Gasteiger partial charge on any atom is -0.289 e. The van der Waals surface area contributed by atoms with Crippen LogP contribution >= 0.6 is 11.6 Å². The minimum atomic E-state index is -0.248. The van der Waals surface area contributed by atoms with Gasteiger partial charge in [-0.3, -0.25) is 4.79 Å². The Bertz CT molecular complexity index is 224. The molecule has 0 saturated carbocycles. The zero-order valence-corrected chi connectivity index (χ0v) is 5.88. The summed E-state index contributed by atoms with van der Waals surface area (Å²) in [4.78, 5) is 18.2. The molecule has 0 amide bonds. The predicted octanol–water partition coefficient (Wildman–Crippen LogP) is 0.898. The van der Waals surface area contributed by atoms with E-state index >= 15 is 0 Å². The van der Waals surface area contributed by atoms with Crippen LogP contribution in [0, 0.1) is 0 Å². The van der Waals surface area contributed by atoms with Gasteiger partial charge in [-0.15, -0.1) is 11.6 Å². The first-order valence-corrected chi connectivity index (χ1v) is 3.24. The average molecular weight is 157 g/mol. The van der Waals surface area contributed by atoms with Crippen LogP contribution in [0.25, 0.3) is 0 Å². The number of ketones is 1. The summed E-state index contributed by atoms with van der Waals surface area (Å²) in [5.41, 5.74) is 0. The van der Waals surface area contributed by atoms with Crippen LogP contribution < -0.4 is 0 Å². The number of Topliss-reactive ketones (excluding diaryl/α,β-unsaturated/α-hetero) is 1. The topological polar surface area (TPSA) is 42.9 Å². The number of nitrogens with zero attached hydrogens (tertiary/aromatic N) is 2. The molecule has 0 atom stereocenters. The monoisotopic (exact) mass is 156 g/mol. The Morgan fingerprint density at radius 1 is 1.50 bits per heavy atom. The van der Waals surface area contributed by atoms with Gasteiger partial charge < -0.3 is 0 Å². The molecule has 0 radical (unpaired) electrons. The van der Waals surface area contributed by atoms with Gasteiger partial charge in [0, 0.05) is 12.4 Å². The normalized spacial score (nSPS) is 9.30. The van der Waals surface area contributed by atoms with Gasteiger partial charge in [0.05, 0.1) is 5.88 Å². The van der Waals surface area contributed by atoms with Crippen LogP contribution in [0.4, 0.5) is 0 Å². The number of halogens is 1. The summed E-state index contributed by atoms with van der Waals surface area (Å²) in [7, 11) is 0. The predicted molar refractivity (Wildman–Crippen MR) is 37.1 cm³/mol. The van der Waals surface area contributed by atoms with Crippen LogP contribution in [0.1, 0.15) is 10.6 Å². The van der Waals surface area contributed by atoms with Crippen LogP contribution in [-0.4, -0.2) is 21.6 Å². The average Bonchev–Trinajstić information content (AvgIpc) is 2.05. The molecule has 52 valence electrons. The molecule has 0 unspecified atom stereocenters. The molecule has 1 aromatic heterocycles. The van der Waals surface area contributed by atoms with Gasteiger partial charge in [0.25, 0.3) is 0 Å². The van der Waals surface area contributed by atoms with Crippen LogP contribution in [0.3, 0.4) is 0 Å². The molecular weight excluding hydrogens is 152 g/mol. The van der Waals surface area contributed by atoms with Crippen molar-refractivity contribution < 1.29 is 4.79 Å². The Balaban J connectivity index is 2.85. The van der Waals surface area contributed by atoms with E-state index in [1.54, 1.807) is 6.07 Å². The van der Waals surface area contributed by atoms with Gasteiger partial charge in [-0.05, 0) is 6.07 Å². The van der Waals surface area contributed by atoms with Crippen LogP contribution in [-0.2, 0) is 0 Å². The molecular formula is C6H5ClN2O. The van der Waals surface area contributed by atoms with Crippen LogP contribution in [0.5, 0.6) is 0 Å². The van der Waals surface area contributed by atoms with Gasteiger partial charge in [0.15, 0.2) is 5.82 Å². The number of aromatic nitrogens is 2. The molecule has 1 aromatic rings. The highest BCUT2D eigenvalue weighted by atomic mass is 35.5. The van der Waals surface area contributed by atoms with Crippen molar-refractivity contribution in [3.63, 3.8) is 0 Å². The number of rotatable bonds is 2. The van der Waals surface area contributed by atoms with E-state index in [0.717, 1.165) is 0 Å². The van der Waals surface area contributed by atoms with Gasteiger partial charge in [0.2, 0.25) is 5.78 Å². The first kappa shape index (κ1) is 7.15. The Morgan fingerprint density at radius 2 is 2.10 bits per heavy atom. The zero-order chi connectivity index (χ0) is 7.40. The van der Waals surface area contributed by atoms with Crippen molar-refractivity contribution in [3.05, 3.63) is 24.3 Å². The summed E-state index contributed by atoms with van der Waals surface area (Å²) < 4.78 is 0. The Hall–Kier alpha value is -0.960. The summed E-state index contributed by atoms with van der Waals surface area (Å²) in [6.45, 7) is 0. The fraction of sp³-hybridized carbons (Fsp3) is 0.167. The van der Waals surface area contributed by atoms with Crippen LogP contribution in [0.15, 0.2) is 18.5 Å². The second-order valence-electron chi connectivity index (χ2n) is 1.63. The van der Waals surface area contributed by atoms with Gasteiger partial charge >= 0.3 is 0 Å². The van der Waals surface area contributed by atoms with Gasteiger partial charge in [0.1, 0.15) is 0 Å². The zero-order valence-electron chi connectivity index (χ0n) is 5.12. The molecule has 1 heterocycles. The fourth-order valence-electron chi connectivity index (χ4n) is 0.503. The van der Waals surface area contributed by atoms with Crippen molar-refractivity contribution >= 4 is 17.4 Å². The molecule has 0 aliphatic rings. The standard InChI is InChI=1S/C6H5ClN2O/c7-4-5(10)6-8-2-1-3-9-6/h1-3H,4H2. The molecule has 0 bridgehead atoms. The lowest BCUT2D eigenvalue weighted by Crippen LogP contribution is -2.05. The SMILES string of the molecule is O=C(CCl)c1ncccn1. The molecule has 1 rings (SSSR count). The Morgan fingerprint density at radius 3 is 2.60 bits per heavy atom. The number of carbonyl (C=O) groups excluding carboxylic acids is 1. The molecule has 0 fully saturated rings. The summed E-state index contributed by atoms with van der Waals surface area (Å²) in [6.07, 6.45) is 3.01. The molecule has 4 heteroatoms. The van der Waals surface area contributed by atoms with Gasteiger partial charge in [-0.1, -0.05) is 0 Å². The molecule has 0 aromatic carbocycles. The quantitative estimate of drug-likeness (QED) is 0.472. The van der Waals surface area contributed by atoms with E-state index in [-0.39, 0.29) is 17.5 Å². The molecule has 10 heavy (non-hydrogen) atoms. The summed E-state index contributed by atoms with van der Waals surface area (Å²) in [5, 5.41) is 0. The van der Waals surface area contributed by atoms with Crippen molar-refractivity contribution in [2.24, 2.45) is 0 Å². The smallest absolute Gasteiger partial charge is 0.214 e. The maximum atomic E-state index is 10.8. The van der Waals surface area contributed by atoms with Crippen LogP contribution in [0.2, 0.25) is 0 Å². The van der Waals surface area contributed by atoms with E-state index in [0.29, 0.717) is 0 Å². The largest absolute Gasteiger partial charge is 0.289 e. The molecule has 0 aliphatic heterocycles. The van der Waals surface area contributed by atoms with E-state index in [1.807, 2.05) is 0 Å². The van der Waals surface area contributed by atoms with Crippen molar-refractivity contribution in [2.45, 2.75) is 0 Å². The number of hydrogen-bond donors (Lipinski definition) is 0. The van der Waals surface area contributed by atoms with Gasteiger partial charge in [-0.2, -0.15) is 0 Å². The lowest BCUT2D eigenvalue weighted by atomic mass is 10.4. The second-order valence-corrected chi connectivity index (χ2v) is 1.90. The fourth-order valence-corrected chi connectivity index (χ4v) is 0.622. The highest BCUT2D eigenvalue weighted by Gasteiger charge is 2.04. The van der Waals surface area contributed by atoms with Crippen molar-refractivity contribution in [3.8, 4) is 0 Å². The molecule has 3 nitrogen and oxygen atoms in total. The van der Waals surface area contributed by atoms with E-state index < -0.39 is 0 Å². The van der Waals surface area contributed by atoms with Crippen molar-refractivity contribution in [1.82, 2.24) is 9.97 Å². The van der Waals surface area contributed by atoms with Crippen molar-refractivity contribution in [2.75, 3.05) is 5.88 Å². The Kier molecular flexibility index (Phi) is 2.34. The minimum absolute atomic E-state index is 0.0655. The maximum Gasteiger partial charge on any atom is 0.214 e. The highest BCUT2D eigenvalue weighted by Crippen LogP contribution is 1.91. The first-order valence-electron chi connectivity index (χ1n) is 2.71. The summed E-state index contributed by atoms with van der Waals surface area (Å²) in [6, 6.07) is 1.64. The lowest BCUT2D eigenvalue weighted by molar-refractivity contribution is 0.101. The third-order valence-corrected chi connectivity index (χ3v) is 1.18. The van der Waals surface area contributed by atoms with Crippen molar-refractivity contribution in [1.29, 1.82) is 0 Å². The highest BCUT2D eigenvalue weighted by molar-refractivity contribution is 6.29. The second kappa shape index (κ2) is 3.27. The molecule has 0 saturated heterocycles.